The van der Waals surface area contributed by atoms with Crippen LogP contribution in [0.3, 0.4) is 0 Å². The molecule has 0 bridgehead atoms. The Morgan fingerprint density at radius 3 is 2.52 bits per heavy atom. The van der Waals surface area contributed by atoms with Crippen molar-refractivity contribution in [2.75, 3.05) is 13.1 Å². The summed E-state index contributed by atoms with van der Waals surface area (Å²) in [4.78, 5) is 19.1. The Bertz CT molecular complexity index is 705. The predicted octanol–water partition coefficient (Wildman–Crippen LogP) is 2.21. The summed E-state index contributed by atoms with van der Waals surface area (Å²) in [6.07, 6.45) is 4.23. The number of aliphatic hydroxyl groups is 1. The van der Waals surface area contributed by atoms with Crippen LogP contribution in [0.1, 0.15) is 49.9 Å². The van der Waals surface area contributed by atoms with Gasteiger partial charge >= 0.3 is 0 Å². The van der Waals surface area contributed by atoms with Crippen LogP contribution >= 0.6 is 0 Å². The molecule has 1 aromatic carbocycles. The van der Waals surface area contributed by atoms with Crippen LogP contribution in [0.2, 0.25) is 0 Å². The molecule has 1 aliphatic heterocycles. The van der Waals surface area contributed by atoms with Crippen molar-refractivity contribution in [1.82, 2.24) is 19.7 Å². The molecule has 1 unspecified atom stereocenters. The number of carbonyl (C=O) groups excluding carboxylic acids is 1. The van der Waals surface area contributed by atoms with Crippen LogP contribution in [-0.4, -0.2) is 43.8 Å². The Balaban J connectivity index is 1.71. The van der Waals surface area contributed by atoms with Crippen LogP contribution in [0.25, 0.3) is 0 Å². The molecule has 1 fully saturated rings. The van der Waals surface area contributed by atoms with Gasteiger partial charge in [0.05, 0.1) is 5.92 Å². The van der Waals surface area contributed by atoms with Gasteiger partial charge in [-0.2, -0.15) is 5.10 Å². The second-order valence-electron chi connectivity index (χ2n) is 6.82. The second-order valence-corrected chi connectivity index (χ2v) is 6.82. The van der Waals surface area contributed by atoms with Gasteiger partial charge in [-0.1, -0.05) is 43.7 Å². The number of aryl methyl sites for hydroxylation is 1. The Morgan fingerprint density at radius 2 is 1.96 bits per heavy atom. The molecule has 134 valence electrons. The molecule has 3 rings (SSSR count). The summed E-state index contributed by atoms with van der Waals surface area (Å²) in [7, 11) is 1.78. The van der Waals surface area contributed by atoms with Crippen LogP contribution in [0.15, 0.2) is 36.7 Å². The molecule has 6 heteroatoms. The highest BCUT2D eigenvalue weighted by molar-refractivity contribution is 5.83. The van der Waals surface area contributed by atoms with E-state index >= 15 is 0 Å². The lowest BCUT2D eigenvalue weighted by molar-refractivity contribution is -0.138. The van der Waals surface area contributed by atoms with Gasteiger partial charge < -0.3 is 10.0 Å². The maximum absolute atomic E-state index is 13.1. The van der Waals surface area contributed by atoms with Gasteiger partial charge in [0, 0.05) is 33.0 Å². The number of hydrogen-bond donors (Lipinski definition) is 1. The van der Waals surface area contributed by atoms with E-state index in [0.717, 1.165) is 18.4 Å². The largest absolute Gasteiger partial charge is 0.382 e. The minimum absolute atomic E-state index is 0.104. The smallest absolute Gasteiger partial charge is 0.230 e. The van der Waals surface area contributed by atoms with Gasteiger partial charge in [-0.05, 0) is 12.0 Å². The quantitative estimate of drug-likeness (QED) is 0.904. The number of amides is 1. The summed E-state index contributed by atoms with van der Waals surface area (Å²) < 4.78 is 1.61. The van der Waals surface area contributed by atoms with Crippen molar-refractivity contribution >= 4 is 5.91 Å². The zero-order valence-corrected chi connectivity index (χ0v) is 14.9. The summed E-state index contributed by atoms with van der Waals surface area (Å²) in [6, 6.07) is 9.98. The first-order chi connectivity index (χ1) is 12.0. The molecule has 6 nitrogen and oxygen atoms in total. The van der Waals surface area contributed by atoms with E-state index in [1.807, 2.05) is 35.2 Å². The molecule has 2 aromatic rings. The number of likely N-dealkylation sites (tertiary alicyclic amines) is 1. The third kappa shape index (κ3) is 3.58. The van der Waals surface area contributed by atoms with Gasteiger partial charge in [-0.3, -0.25) is 9.48 Å². The van der Waals surface area contributed by atoms with Crippen LogP contribution in [0, 0.1) is 0 Å². The zero-order chi connectivity index (χ0) is 17.9. The fourth-order valence-corrected chi connectivity index (χ4v) is 3.67. The van der Waals surface area contributed by atoms with Crippen molar-refractivity contribution in [3.63, 3.8) is 0 Å². The molecule has 1 amide bonds. The monoisotopic (exact) mass is 342 g/mol. The minimum atomic E-state index is -1.00. The molecule has 0 aliphatic carbocycles. The van der Waals surface area contributed by atoms with Crippen molar-refractivity contribution in [3.05, 3.63) is 48.0 Å². The topological polar surface area (TPSA) is 71.2 Å². The van der Waals surface area contributed by atoms with Crippen molar-refractivity contribution in [1.29, 1.82) is 0 Å². The molecule has 25 heavy (non-hydrogen) atoms. The normalized spacial score (nSPS) is 18.1. The molecule has 1 aromatic heterocycles. The molecule has 1 saturated heterocycles. The van der Waals surface area contributed by atoms with E-state index < -0.39 is 5.60 Å². The van der Waals surface area contributed by atoms with Crippen LogP contribution < -0.4 is 0 Å². The molecule has 1 atom stereocenters. The summed E-state index contributed by atoms with van der Waals surface area (Å²) >= 11 is 0. The Kier molecular flexibility index (Phi) is 5.18. The molecular weight excluding hydrogens is 316 g/mol. The molecule has 1 N–H and O–H groups in total. The van der Waals surface area contributed by atoms with Gasteiger partial charge in [0.15, 0.2) is 5.82 Å². The molecule has 0 saturated carbocycles. The fourth-order valence-electron chi connectivity index (χ4n) is 3.67. The number of aromatic nitrogens is 3. The first-order valence-corrected chi connectivity index (χ1v) is 8.96. The van der Waals surface area contributed by atoms with Crippen molar-refractivity contribution < 1.29 is 9.90 Å². The number of nitrogens with zero attached hydrogens (tertiary/aromatic N) is 4. The molecular formula is C19H26N4O2. The number of hydrogen-bond acceptors (Lipinski definition) is 4. The van der Waals surface area contributed by atoms with Crippen molar-refractivity contribution in [2.45, 2.75) is 44.1 Å². The molecule has 2 heterocycles. The van der Waals surface area contributed by atoms with Crippen LogP contribution in [0.5, 0.6) is 0 Å². The Hall–Kier alpha value is -2.21. The summed E-state index contributed by atoms with van der Waals surface area (Å²) in [6.45, 7) is 3.18. The maximum Gasteiger partial charge on any atom is 0.230 e. The first kappa shape index (κ1) is 17.6. The number of rotatable bonds is 5. The fraction of sp³-hybridized carbons (Fsp3) is 0.526. The van der Waals surface area contributed by atoms with Crippen molar-refractivity contribution in [3.8, 4) is 0 Å². The minimum Gasteiger partial charge on any atom is -0.382 e. The first-order valence-electron chi connectivity index (χ1n) is 8.96. The summed E-state index contributed by atoms with van der Waals surface area (Å²) in [5.74, 6) is 0.632. The lowest BCUT2D eigenvalue weighted by atomic mass is 9.88. The standard InChI is InChI=1S/C19H26N4O2/c1-3-7-16(15-8-5-4-6-9-15)17(24)23-12-10-19(25,11-13-23)18-20-14-21-22(18)2/h4-6,8-9,14,16,25H,3,7,10-13H2,1-2H3. The van der Waals surface area contributed by atoms with Crippen LogP contribution in [0.4, 0.5) is 0 Å². The van der Waals surface area contributed by atoms with Gasteiger partial charge in [0.2, 0.25) is 5.91 Å². The van der Waals surface area contributed by atoms with Gasteiger partial charge in [0.25, 0.3) is 0 Å². The third-order valence-corrected chi connectivity index (χ3v) is 5.11. The highest BCUT2D eigenvalue weighted by atomic mass is 16.3. The van der Waals surface area contributed by atoms with Crippen LogP contribution in [-0.2, 0) is 17.4 Å². The van der Waals surface area contributed by atoms with E-state index in [9.17, 15) is 9.90 Å². The lowest BCUT2D eigenvalue weighted by Crippen LogP contribution is -2.47. The highest BCUT2D eigenvalue weighted by Crippen LogP contribution is 2.33. The average molecular weight is 342 g/mol. The highest BCUT2D eigenvalue weighted by Gasteiger charge is 2.39. The summed E-state index contributed by atoms with van der Waals surface area (Å²) in [5.41, 5.74) is 0.0677. The Morgan fingerprint density at radius 1 is 1.28 bits per heavy atom. The second kappa shape index (κ2) is 7.35. The van der Waals surface area contributed by atoms with Gasteiger partial charge in [0.1, 0.15) is 11.9 Å². The summed E-state index contributed by atoms with van der Waals surface area (Å²) in [5, 5.41) is 15.0. The average Bonchev–Trinajstić information content (AvgIpc) is 3.07. The molecule has 1 aliphatic rings. The lowest BCUT2D eigenvalue weighted by Gasteiger charge is -2.38. The number of carbonyl (C=O) groups is 1. The SMILES string of the molecule is CCCC(C(=O)N1CCC(O)(c2ncnn2C)CC1)c1ccccc1. The van der Waals surface area contributed by atoms with E-state index in [-0.39, 0.29) is 11.8 Å². The Labute approximate surface area is 148 Å². The van der Waals surface area contributed by atoms with Crippen molar-refractivity contribution in [2.24, 2.45) is 7.05 Å². The van der Waals surface area contributed by atoms with E-state index in [1.54, 1.807) is 11.7 Å². The third-order valence-electron chi connectivity index (χ3n) is 5.11. The predicted molar refractivity (Wildman–Crippen MR) is 94.8 cm³/mol. The maximum atomic E-state index is 13.1. The van der Waals surface area contributed by atoms with E-state index in [1.165, 1.54) is 6.33 Å². The van der Waals surface area contributed by atoms with Gasteiger partial charge in [-0.25, -0.2) is 4.98 Å². The van der Waals surface area contributed by atoms with E-state index in [2.05, 4.69) is 17.0 Å². The molecule has 0 radical (unpaired) electrons. The zero-order valence-electron chi connectivity index (χ0n) is 14.9. The van der Waals surface area contributed by atoms with E-state index in [4.69, 9.17) is 0 Å². The molecule has 0 spiro atoms. The number of benzene rings is 1. The van der Waals surface area contributed by atoms with Gasteiger partial charge in [-0.15, -0.1) is 0 Å². The van der Waals surface area contributed by atoms with E-state index in [0.29, 0.717) is 31.8 Å². The number of piperidine rings is 1.